The molecule has 0 saturated carbocycles. The summed E-state index contributed by atoms with van der Waals surface area (Å²) in [5.41, 5.74) is 1.35. The summed E-state index contributed by atoms with van der Waals surface area (Å²) in [6, 6.07) is 0. The van der Waals surface area contributed by atoms with Gasteiger partial charge in [0, 0.05) is 23.9 Å². The van der Waals surface area contributed by atoms with Gasteiger partial charge in [-0.15, -0.1) is 0 Å². The van der Waals surface area contributed by atoms with E-state index in [0.29, 0.717) is 18.4 Å². The summed E-state index contributed by atoms with van der Waals surface area (Å²) >= 11 is 0. The van der Waals surface area contributed by atoms with E-state index >= 15 is 0 Å². The fourth-order valence-corrected chi connectivity index (χ4v) is 1.44. The van der Waals surface area contributed by atoms with E-state index < -0.39 is 6.10 Å². The molecule has 0 aromatic heterocycles. The second kappa shape index (κ2) is 7.37. The van der Waals surface area contributed by atoms with Gasteiger partial charge in [0.25, 0.3) is 0 Å². The molecule has 0 bridgehead atoms. The molecule has 0 aliphatic heterocycles. The molecule has 0 radical (unpaired) electrons. The van der Waals surface area contributed by atoms with E-state index in [1.807, 2.05) is 47.6 Å². The van der Waals surface area contributed by atoms with E-state index in [0.717, 1.165) is 5.70 Å². The molecule has 0 rings (SSSR count). The van der Waals surface area contributed by atoms with Crippen molar-refractivity contribution in [2.75, 3.05) is 0 Å². The Balaban J connectivity index is 4.95. The van der Waals surface area contributed by atoms with Gasteiger partial charge in [-0.25, -0.2) is 0 Å². The molecule has 104 valence electrons. The van der Waals surface area contributed by atoms with E-state index in [9.17, 15) is 9.90 Å². The molecule has 0 spiro atoms. The number of rotatable bonds is 6. The van der Waals surface area contributed by atoms with Crippen molar-refractivity contribution in [3.05, 3.63) is 23.5 Å². The number of allylic oxidation sites excluding steroid dienone is 2. The van der Waals surface area contributed by atoms with E-state index in [4.69, 9.17) is 0 Å². The van der Waals surface area contributed by atoms with Crippen LogP contribution < -0.4 is 5.32 Å². The largest absolute Gasteiger partial charge is 0.388 e. The van der Waals surface area contributed by atoms with Crippen molar-refractivity contribution < 1.29 is 9.90 Å². The highest BCUT2D eigenvalue weighted by atomic mass is 16.3. The smallest absolute Gasteiger partial charge is 0.163 e. The molecule has 0 amide bonds. The lowest BCUT2D eigenvalue weighted by Crippen LogP contribution is -2.23. The highest BCUT2D eigenvalue weighted by Gasteiger charge is 2.22. The first kappa shape index (κ1) is 16.9. The van der Waals surface area contributed by atoms with Crippen LogP contribution in [-0.4, -0.2) is 17.0 Å². The van der Waals surface area contributed by atoms with Gasteiger partial charge in [0.2, 0.25) is 0 Å². The van der Waals surface area contributed by atoms with Gasteiger partial charge >= 0.3 is 0 Å². The zero-order chi connectivity index (χ0) is 14.3. The summed E-state index contributed by atoms with van der Waals surface area (Å²) in [7, 11) is 0. The Kier molecular flexibility index (Phi) is 6.92. The Morgan fingerprint density at radius 2 is 1.94 bits per heavy atom. The first-order chi connectivity index (χ1) is 8.21. The molecule has 0 saturated heterocycles. The van der Waals surface area contributed by atoms with Crippen LogP contribution in [0.5, 0.6) is 0 Å². The molecule has 18 heavy (non-hydrogen) atoms. The third kappa shape index (κ3) is 6.60. The van der Waals surface area contributed by atoms with Gasteiger partial charge in [-0.05, 0) is 25.7 Å². The molecule has 0 aliphatic carbocycles. The van der Waals surface area contributed by atoms with Crippen molar-refractivity contribution in [1.82, 2.24) is 5.32 Å². The summed E-state index contributed by atoms with van der Waals surface area (Å²) in [6.07, 6.45) is 3.83. The lowest BCUT2D eigenvalue weighted by atomic mass is 9.86. The second-order valence-electron chi connectivity index (χ2n) is 5.80. The molecular weight excluding hydrogens is 226 g/mol. The van der Waals surface area contributed by atoms with Crippen LogP contribution in [0.4, 0.5) is 0 Å². The molecule has 0 aromatic rings. The van der Waals surface area contributed by atoms with Gasteiger partial charge in [0.05, 0.1) is 6.10 Å². The van der Waals surface area contributed by atoms with Crippen molar-refractivity contribution >= 4 is 5.78 Å². The quantitative estimate of drug-likeness (QED) is 0.715. The fraction of sp³-hybridized carbons (Fsp3) is 0.667. The first-order valence-electron chi connectivity index (χ1n) is 6.52. The van der Waals surface area contributed by atoms with Crippen LogP contribution in [0, 0.1) is 5.41 Å². The van der Waals surface area contributed by atoms with Crippen LogP contribution in [-0.2, 0) is 4.79 Å². The average Bonchev–Trinajstić information content (AvgIpc) is 2.26. The number of hydrogen-bond donors (Lipinski definition) is 2. The number of aliphatic hydroxyl groups excluding tert-OH is 1. The number of ketones is 1. The van der Waals surface area contributed by atoms with Crippen LogP contribution in [0.25, 0.3) is 0 Å². The van der Waals surface area contributed by atoms with Gasteiger partial charge < -0.3 is 10.4 Å². The summed E-state index contributed by atoms with van der Waals surface area (Å²) in [4.78, 5) is 12.2. The lowest BCUT2D eigenvalue weighted by molar-refractivity contribution is -0.118. The van der Waals surface area contributed by atoms with Crippen LogP contribution in [0.1, 0.15) is 54.4 Å². The van der Waals surface area contributed by atoms with Gasteiger partial charge in [0.15, 0.2) is 5.78 Å². The van der Waals surface area contributed by atoms with Crippen LogP contribution >= 0.6 is 0 Å². The molecule has 2 N–H and O–H groups in total. The van der Waals surface area contributed by atoms with E-state index in [1.165, 1.54) is 0 Å². The van der Waals surface area contributed by atoms with E-state index in [1.54, 1.807) is 6.20 Å². The van der Waals surface area contributed by atoms with Crippen molar-refractivity contribution in [2.45, 2.75) is 60.5 Å². The normalized spacial score (nSPS) is 15.5. The number of aliphatic hydroxyl groups is 1. The number of carbonyl (C=O) groups is 1. The molecule has 1 unspecified atom stereocenters. The standard InChI is InChI=1S/C15H27NO2/c1-7-11(3)16-10-12(13(17)8-2)14(18)9-15(4,5)6/h7,10,13,16-17H,8-9H2,1-6H3/b11-7+,12-10-. The first-order valence-corrected chi connectivity index (χ1v) is 6.52. The van der Waals surface area contributed by atoms with Gasteiger partial charge in [0.1, 0.15) is 0 Å². The van der Waals surface area contributed by atoms with Crippen molar-refractivity contribution in [3.63, 3.8) is 0 Å². The number of hydrogen-bond acceptors (Lipinski definition) is 3. The monoisotopic (exact) mass is 253 g/mol. The topological polar surface area (TPSA) is 49.3 Å². The molecule has 0 aromatic carbocycles. The summed E-state index contributed by atoms with van der Waals surface area (Å²) in [5, 5.41) is 13.0. The molecule has 0 fully saturated rings. The molecule has 1 atom stereocenters. The minimum atomic E-state index is -0.697. The Hall–Kier alpha value is -1.09. The maximum absolute atomic E-state index is 12.2. The minimum Gasteiger partial charge on any atom is -0.388 e. The summed E-state index contributed by atoms with van der Waals surface area (Å²) < 4.78 is 0. The van der Waals surface area contributed by atoms with Crippen molar-refractivity contribution in [3.8, 4) is 0 Å². The second-order valence-corrected chi connectivity index (χ2v) is 5.80. The van der Waals surface area contributed by atoms with Crippen LogP contribution in [0.15, 0.2) is 23.5 Å². The van der Waals surface area contributed by atoms with Crippen LogP contribution in [0.2, 0.25) is 0 Å². The maximum Gasteiger partial charge on any atom is 0.163 e. The summed E-state index contributed by atoms with van der Waals surface area (Å²) in [6.45, 7) is 11.8. The molecule has 3 nitrogen and oxygen atoms in total. The number of Topliss-reactive ketones (excluding diaryl/α,β-unsaturated/α-hetero) is 1. The Labute approximate surface area is 111 Å². The van der Waals surface area contributed by atoms with Gasteiger partial charge in [-0.3, -0.25) is 4.79 Å². The lowest BCUT2D eigenvalue weighted by Gasteiger charge is -2.20. The molecular formula is C15H27NO2. The van der Waals surface area contributed by atoms with Crippen molar-refractivity contribution in [2.24, 2.45) is 5.41 Å². The van der Waals surface area contributed by atoms with Crippen LogP contribution in [0.3, 0.4) is 0 Å². The molecule has 0 aliphatic rings. The van der Waals surface area contributed by atoms with E-state index in [-0.39, 0.29) is 11.2 Å². The van der Waals surface area contributed by atoms with Gasteiger partial charge in [-0.1, -0.05) is 33.8 Å². The predicted octanol–water partition coefficient (Wildman–Crippen LogP) is 3.16. The molecule has 3 heteroatoms. The number of nitrogens with one attached hydrogen (secondary N) is 1. The predicted molar refractivity (Wildman–Crippen MR) is 76.0 cm³/mol. The maximum atomic E-state index is 12.2. The molecule has 0 heterocycles. The zero-order valence-electron chi connectivity index (χ0n) is 12.5. The number of carbonyl (C=O) groups excluding carboxylic acids is 1. The van der Waals surface area contributed by atoms with E-state index in [2.05, 4.69) is 5.32 Å². The summed E-state index contributed by atoms with van der Waals surface area (Å²) in [5.74, 6) is 0.00764. The Morgan fingerprint density at radius 3 is 2.33 bits per heavy atom. The third-order valence-electron chi connectivity index (χ3n) is 2.65. The Bertz CT molecular complexity index is 335. The highest BCUT2D eigenvalue weighted by Crippen LogP contribution is 2.22. The fourth-order valence-electron chi connectivity index (χ4n) is 1.44. The van der Waals surface area contributed by atoms with Crippen molar-refractivity contribution in [1.29, 1.82) is 0 Å². The minimum absolute atomic E-state index is 0.00764. The zero-order valence-corrected chi connectivity index (χ0v) is 12.5. The Morgan fingerprint density at radius 1 is 1.39 bits per heavy atom. The average molecular weight is 253 g/mol. The highest BCUT2D eigenvalue weighted by molar-refractivity contribution is 5.96. The SMILES string of the molecule is C/C=C(\C)N/C=C(\C(=O)CC(C)(C)C)C(O)CC. The van der Waals surface area contributed by atoms with Gasteiger partial charge in [-0.2, -0.15) is 0 Å². The third-order valence-corrected chi connectivity index (χ3v) is 2.65.